The number of carbonyl (C=O) groups is 1. The standard InChI is InChI=1S/C13H15N3OS.ClH/c14-13(6-3-7-13)12(17)15-8-11-16-9-4-1-2-5-10(9)18-11;/h1-2,4-5H,3,6-8,14H2,(H,15,17);1H. The quantitative estimate of drug-likeness (QED) is 0.913. The predicted octanol–water partition coefficient (Wildman–Crippen LogP) is 2.22. The van der Waals surface area contributed by atoms with Crippen LogP contribution < -0.4 is 11.1 Å². The monoisotopic (exact) mass is 297 g/mol. The van der Waals surface area contributed by atoms with Crippen molar-refractivity contribution in [1.82, 2.24) is 10.3 Å². The van der Waals surface area contributed by atoms with Crippen molar-refractivity contribution in [2.24, 2.45) is 5.73 Å². The van der Waals surface area contributed by atoms with Crippen LogP contribution in [0.15, 0.2) is 24.3 Å². The first-order chi connectivity index (χ1) is 8.67. The number of nitrogens with zero attached hydrogens (tertiary/aromatic N) is 1. The van der Waals surface area contributed by atoms with Gasteiger partial charge in [-0.3, -0.25) is 4.79 Å². The Bertz CT molecular complexity index is 561. The summed E-state index contributed by atoms with van der Waals surface area (Å²) in [6.07, 6.45) is 2.63. The first-order valence-corrected chi connectivity index (χ1v) is 6.91. The lowest BCUT2D eigenvalue weighted by Crippen LogP contribution is -2.58. The van der Waals surface area contributed by atoms with Gasteiger partial charge < -0.3 is 11.1 Å². The number of aromatic nitrogens is 1. The van der Waals surface area contributed by atoms with Gasteiger partial charge in [0.25, 0.3) is 0 Å². The van der Waals surface area contributed by atoms with E-state index in [1.807, 2.05) is 24.3 Å². The Balaban J connectivity index is 0.00000133. The van der Waals surface area contributed by atoms with E-state index < -0.39 is 5.54 Å². The number of nitrogens with one attached hydrogen (secondary N) is 1. The molecule has 1 aliphatic rings. The molecule has 1 aromatic heterocycles. The smallest absolute Gasteiger partial charge is 0.240 e. The number of rotatable bonds is 3. The fraction of sp³-hybridized carbons (Fsp3) is 0.385. The lowest BCUT2D eigenvalue weighted by Gasteiger charge is -2.36. The molecule has 6 heteroatoms. The number of hydrogen-bond acceptors (Lipinski definition) is 4. The molecular weight excluding hydrogens is 282 g/mol. The zero-order valence-electron chi connectivity index (χ0n) is 10.4. The molecule has 0 atom stereocenters. The molecule has 3 rings (SSSR count). The van der Waals surface area contributed by atoms with E-state index in [4.69, 9.17) is 5.73 Å². The number of amides is 1. The van der Waals surface area contributed by atoms with Crippen molar-refractivity contribution in [3.05, 3.63) is 29.3 Å². The van der Waals surface area contributed by atoms with Gasteiger partial charge in [0.05, 0.1) is 22.3 Å². The molecular formula is C13H16ClN3OS. The lowest BCUT2D eigenvalue weighted by atomic mass is 9.77. The number of thiazole rings is 1. The van der Waals surface area contributed by atoms with E-state index in [-0.39, 0.29) is 18.3 Å². The number of benzene rings is 1. The van der Waals surface area contributed by atoms with Gasteiger partial charge in [0.1, 0.15) is 5.01 Å². The SMILES string of the molecule is Cl.NC1(C(=O)NCc2nc3ccccc3s2)CCC1. The second-order valence-corrected chi connectivity index (χ2v) is 5.88. The molecule has 3 N–H and O–H groups in total. The zero-order valence-corrected chi connectivity index (χ0v) is 12.0. The van der Waals surface area contributed by atoms with Crippen LogP contribution in [0.5, 0.6) is 0 Å². The maximum Gasteiger partial charge on any atom is 0.240 e. The Kier molecular flexibility index (Phi) is 4.08. The van der Waals surface area contributed by atoms with Crippen molar-refractivity contribution in [3.63, 3.8) is 0 Å². The average molecular weight is 298 g/mol. The number of nitrogens with two attached hydrogens (primary N) is 1. The van der Waals surface area contributed by atoms with Gasteiger partial charge >= 0.3 is 0 Å². The maximum atomic E-state index is 11.9. The third-order valence-corrected chi connectivity index (χ3v) is 4.47. The summed E-state index contributed by atoms with van der Waals surface area (Å²) in [7, 11) is 0. The Morgan fingerprint density at radius 2 is 2.16 bits per heavy atom. The maximum absolute atomic E-state index is 11.9. The highest BCUT2D eigenvalue weighted by atomic mass is 35.5. The molecule has 1 amide bonds. The van der Waals surface area contributed by atoms with Crippen molar-refractivity contribution in [2.45, 2.75) is 31.3 Å². The predicted molar refractivity (Wildman–Crippen MR) is 79.5 cm³/mol. The molecule has 2 aromatic rings. The molecule has 0 unspecified atom stereocenters. The Morgan fingerprint density at radius 1 is 1.42 bits per heavy atom. The van der Waals surface area contributed by atoms with Crippen molar-refractivity contribution < 1.29 is 4.79 Å². The molecule has 102 valence electrons. The minimum absolute atomic E-state index is 0. The highest BCUT2D eigenvalue weighted by molar-refractivity contribution is 7.18. The van der Waals surface area contributed by atoms with Crippen LogP contribution in [0.1, 0.15) is 24.3 Å². The molecule has 0 bridgehead atoms. The molecule has 0 radical (unpaired) electrons. The van der Waals surface area contributed by atoms with E-state index in [0.717, 1.165) is 34.5 Å². The van der Waals surface area contributed by atoms with E-state index >= 15 is 0 Å². The molecule has 1 saturated carbocycles. The van der Waals surface area contributed by atoms with Crippen LogP contribution in [0.2, 0.25) is 0 Å². The third kappa shape index (κ3) is 2.73. The summed E-state index contributed by atoms with van der Waals surface area (Å²) in [6.45, 7) is 0.469. The van der Waals surface area contributed by atoms with Gasteiger partial charge in [-0.1, -0.05) is 12.1 Å². The van der Waals surface area contributed by atoms with Crippen molar-refractivity contribution in [1.29, 1.82) is 0 Å². The summed E-state index contributed by atoms with van der Waals surface area (Å²) < 4.78 is 1.15. The van der Waals surface area contributed by atoms with E-state index in [1.165, 1.54) is 0 Å². The van der Waals surface area contributed by atoms with Gasteiger partial charge in [-0.2, -0.15) is 0 Å². The lowest BCUT2D eigenvalue weighted by molar-refractivity contribution is -0.129. The minimum atomic E-state index is -0.628. The molecule has 0 aliphatic heterocycles. The highest BCUT2D eigenvalue weighted by Gasteiger charge is 2.39. The van der Waals surface area contributed by atoms with Gasteiger partial charge in [-0.05, 0) is 31.4 Å². The van der Waals surface area contributed by atoms with Crippen LogP contribution in [-0.2, 0) is 11.3 Å². The Hall–Kier alpha value is -1.17. The highest BCUT2D eigenvalue weighted by Crippen LogP contribution is 2.29. The van der Waals surface area contributed by atoms with E-state index in [9.17, 15) is 4.79 Å². The Morgan fingerprint density at radius 3 is 2.79 bits per heavy atom. The Labute approximate surface area is 121 Å². The number of carbonyl (C=O) groups excluding carboxylic acids is 1. The summed E-state index contributed by atoms with van der Waals surface area (Å²) in [5, 5.41) is 3.81. The largest absolute Gasteiger partial charge is 0.348 e. The van der Waals surface area contributed by atoms with Crippen LogP contribution in [0.4, 0.5) is 0 Å². The van der Waals surface area contributed by atoms with Gasteiger partial charge in [-0.25, -0.2) is 4.98 Å². The van der Waals surface area contributed by atoms with Crippen LogP contribution in [0.25, 0.3) is 10.2 Å². The molecule has 19 heavy (non-hydrogen) atoms. The summed E-state index contributed by atoms with van der Waals surface area (Å²) in [5.74, 6) is -0.0481. The minimum Gasteiger partial charge on any atom is -0.348 e. The van der Waals surface area contributed by atoms with Crippen LogP contribution in [-0.4, -0.2) is 16.4 Å². The average Bonchev–Trinajstić information content (AvgIpc) is 2.75. The van der Waals surface area contributed by atoms with Gasteiger partial charge in [0, 0.05) is 0 Å². The topological polar surface area (TPSA) is 68.0 Å². The van der Waals surface area contributed by atoms with Crippen LogP contribution in [0, 0.1) is 0 Å². The van der Waals surface area contributed by atoms with E-state index in [2.05, 4.69) is 10.3 Å². The second-order valence-electron chi connectivity index (χ2n) is 4.77. The third-order valence-electron chi connectivity index (χ3n) is 3.44. The summed E-state index contributed by atoms with van der Waals surface area (Å²) >= 11 is 1.61. The normalized spacial score (nSPS) is 16.5. The summed E-state index contributed by atoms with van der Waals surface area (Å²) in [5.41, 5.74) is 6.31. The fourth-order valence-electron chi connectivity index (χ4n) is 2.11. The molecule has 1 heterocycles. The number of halogens is 1. The molecule has 1 fully saturated rings. The first kappa shape index (κ1) is 14.2. The van der Waals surface area contributed by atoms with E-state index in [1.54, 1.807) is 11.3 Å². The van der Waals surface area contributed by atoms with Crippen molar-refractivity contribution in [2.75, 3.05) is 0 Å². The van der Waals surface area contributed by atoms with Crippen molar-refractivity contribution in [3.8, 4) is 0 Å². The zero-order chi connectivity index (χ0) is 12.6. The first-order valence-electron chi connectivity index (χ1n) is 6.09. The van der Waals surface area contributed by atoms with Gasteiger partial charge in [0.2, 0.25) is 5.91 Å². The van der Waals surface area contributed by atoms with Gasteiger partial charge in [-0.15, -0.1) is 23.7 Å². The van der Waals surface area contributed by atoms with Crippen molar-refractivity contribution >= 4 is 39.9 Å². The van der Waals surface area contributed by atoms with Crippen LogP contribution in [0.3, 0.4) is 0 Å². The summed E-state index contributed by atoms with van der Waals surface area (Å²) in [4.78, 5) is 16.3. The number of fused-ring (bicyclic) bond motifs is 1. The van der Waals surface area contributed by atoms with Crippen LogP contribution >= 0.6 is 23.7 Å². The molecule has 1 aromatic carbocycles. The second kappa shape index (κ2) is 5.45. The molecule has 0 spiro atoms. The van der Waals surface area contributed by atoms with Gasteiger partial charge in [0.15, 0.2) is 0 Å². The molecule has 4 nitrogen and oxygen atoms in total. The molecule has 0 saturated heterocycles. The molecule has 1 aliphatic carbocycles. The summed E-state index contributed by atoms with van der Waals surface area (Å²) in [6, 6.07) is 7.97. The number of hydrogen-bond donors (Lipinski definition) is 2. The number of para-hydroxylation sites is 1. The van der Waals surface area contributed by atoms with E-state index in [0.29, 0.717) is 6.54 Å². The fourth-order valence-corrected chi connectivity index (χ4v) is 3.02.